The molecule has 2 N–H and O–H groups in total. The van der Waals surface area contributed by atoms with Gasteiger partial charge in [0.05, 0.1) is 6.10 Å². The first kappa shape index (κ1) is 13.9. The van der Waals surface area contributed by atoms with Crippen LogP contribution in [0.3, 0.4) is 0 Å². The largest absolute Gasteiger partial charge is 0.392 e. The topological polar surface area (TPSA) is 35.5 Å². The zero-order valence-corrected chi connectivity index (χ0v) is 10.9. The molecule has 0 aliphatic carbocycles. The maximum atomic E-state index is 9.64. The highest BCUT2D eigenvalue weighted by atomic mass is 16.3. The SMILES string of the molecule is CCCC(O)CNC1CCN(CCC)CC1. The Morgan fingerprint density at radius 3 is 2.50 bits per heavy atom. The Bertz CT molecular complexity index is 167. The summed E-state index contributed by atoms with van der Waals surface area (Å²) in [5, 5.41) is 13.1. The van der Waals surface area contributed by atoms with Crippen LogP contribution < -0.4 is 5.32 Å². The molecule has 0 aromatic rings. The number of nitrogens with zero attached hydrogens (tertiary/aromatic N) is 1. The van der Waals surface area contributed by atoms with Crippen LogP contribution in [0.15, 0.2) is 0 Å². The van der Waals surface area contributed by atoms with Crippen molar-refractivity contribution in [2.45, 2.75) is 58.1 Å². The van der Waals surface area contributed by atoms with Crippen molar-refractivity contribution in [3.63, 3.8) is 0 Å². The lowest BCUT2D eigenvalue weighted by Gasteiger charge is -2.32. The number of aliphatic hydroxyl groups is 1. The summed E-state index contributed by atoms with van der Waals surface area (Å²) in [5.74, 6) is 0. The summed E-state index contributed by atoms with van der Waals surface area (Å²) in [6, 6.07) is 0.625. The predicted octanol–water partition coefficient (Wildman–Crippen LogP) is 1.61. The summed E-state index contributed by atoms with van der Waals surface area (Å²) in [6.45, 7) is 8.81. The van der Waals surface area contributed by atoms with Crippen LogP contribution in [-0.4, -0.2) is 48.3 Å². The lowest BCUT2D eigenvalue weighted by Crippen LogP contribution is -2.44. The minimum atomic E-state index is -0.154. The molecule has 1 aliphatic rings. The summed E-state index contributed by atoms with van der Waals surface area (Å²) in [5.41, 5.74) is 0. The Morgan fingerprint density at radius 2 is 1.94 bits per heavy atom. The maximum absolute atomic E-state index is 9.64. The Labute approximate surface area is 100 Å². The molecule has 0 saturated carbocycles. The van der Waals surface area contributed by atoms with Crippen molar-refractivity contribution < 1.29 is 5.11 Å². The van der Waals surface area contributed by atoms with Crippen LogP contribution in [0.1, 0.15) is 46.0 Å². The molecule has 1 heterocycles. The first-order valence-electron chi connectivity index (χ1n) is 6.90. The van der Waals surface area contributed by atoms with Gasteiger partial charge in [0.15, 0.2) is 0 Å². The van der Waals surface area contributed by atoms with Gasteiger partial charge in [0, 0.05) is 12.6 Å². The number of nitrogens with one attached hydrogen (secondary N) is 1. The summed E-state index contributed by atoms with van der Waals surface area (Å²) >= 11 is 0. The highest BCUT2D eigenvalue weighted by Crippen LogP contribution is 2.10. The van der Waals surface area contributed by atoms with Crippen LogP contribution in [0.5, 0.6) is 0 Å². The van der Waals surface area contributed by atoms with E-state index in [-0.39, 0.29) is 6.10 Å². The first-order chi connectivity index (χ1) is 7.76. The molecule has 1 rings (SSSR count). The second-order valence-electron chi connectivity index (χ2n) is 4.97. The average Bonchev–Trinajstić information content (AvgIpc) is 2.29. The molecule has 16 heavy (non-hydrogen) atoms. The zero-order chi connectivity index (χ0) is 11.8. The maximum Gasteiger partial charge on any atom is 0.0664 e. The van der Waals surface area contributed by atoms with E-state index in [1.807, 2.05) is 0 Å². The molecular formula is C13H28N2O. The molecule has 3 nitrogen and oxygen atoms in total. The summed E-state index contributed by atoms with van der Waals surface area (Å²) in [7, 11) is 0. The van der Waals surface area contributed by atoms with E-state index in [9.17, 15) is 5.11 Å². The molecule has 0 aromatic heterocycles. The normalized spacial score (nSPS) is 21.2. The van der Waals surface area contributed by atoms with E-state index in [1.54, 1.807) is 0 Å². The van der Waals surface area contributed by atoms with Crippen LogP contribution in [-0.2, 0) is 0 Å². The van der Waals surface area contributed by atoms with E-state index in [2.05, 4.69) is 24.1 Å². The van der Waals surface area contributed by atoms with Crippen molar-refractivity contribution in [1.82, 2.24) is 10.2 Å². The van der Waals surface area contributed by atoms with E-state index in [0.29, 0.717) is 6.04 Å². The molecule has 1 aliphatic heterocycles. The van der Waals surface area contributed by atoms with Crippen LogP contribution in [0, 0.1) is 0 Å². The minimum Gasteiger partial charge on any atom is -0.392 e. The van der Waals surface area contributed by atoms with Gasteiger partial charge in [-0.25, -0.2) is 0 Å². The number of rotatable bonds is 7. The molecule has 96 valence electrons. The van der Waals surface area contributed by atoms with E-state index >= 15 is 0 Å². The van der Waals surface area contributed by atoms with Gasteiger partial charge in [-0.3, -0.25) is 0 Å². The smallest absolute Gasteiger partial charge is 0.0664 e. The molecule has 0 aromatic carbocycles. The van der Waals surface area contributed by atoms with Crippen molar-refractivity contribution in [1.29, 1.82) is 0 Å². The summed E-state index contributed by atoms with van der Waals surface area (Å²) in [6.07, 6.45) is 5.56. The van der Waals surface area contributed by atoms with Crippen molar-refractivity contribution in [2.75, 3.05) is 26.2 Å². The Hall–Kier alpha value is -0.120. The highest BCUT2D eigenvalue weighted by molar-refractivity contribution is 4.77. The van der Waals surface area contributed by atoms with Gasteiger partial charge >= 0.3 is 0 Å². The number of hydrogen-bond donors (Lipinski definition) is 2. The third-order valence-corrected chi connectivity index (χ3v) is 3.39. The van der Waals surface area contributed by atoms with Gasteiger partial charge in [-0.1, -0.05) is 20.3 Å². The molecule has 1 atom stereocenters. The molecule has 1 fully saturated rings. The van der Waals surface area contributed by atoms with Gasteiger partial charge in [-0.05, 0) is 45.3 Å². The second-order valence-corrected chi connectivity index (χ2v) is 4.97. The van der Waals surface area contributed by atoms with Gasteiger partial charge in [0.2, 0.25) is 0 Å². The quantitative estimate of drug-likeness (QED) is 0.695. The van der Waals surface area contributed by atoms with E-state index < -0.39 is 0 Å². The minimum absolute atomic E-state index is 0.154. The van der Waals surface area contributed by atoms with Crippen LogP contribution in [0.25, 0.3) is 0 Å². The molecule has 3 heteroatoms. The van der Waals surface area contributed by atoms with E-state index in [1.165, 1.54) is 38.9 Å². The first-order valence-corrected chi connectivity index (χ1v) is 6.90. The number of hydrogen-bond acceptors (Lipinski definition) is 3. The summed E-state index contributed by atoms with van der Waals surface area (Å²) in [4.78, 5) is 2.54. The fourth-order valence-corrected chi connectivity index (χ4v) is 2.41. The van der Waals surface area contributed by atoms with Gasteiger partial charge in [-0.2, -0.15) is 0 Å². The molecule has 1 unspecified atom stereocenters. The second kappa shape index (κ2) is 8.04. The van der Waals surface area contributed by atoms with Crippen molar-refractivity contribution >= 4 is 0 Å². The van der Waals surface area contributed by atoms with Gasteiger partial charge in [0.1, 0.15) is 0 Å². The standard InChI is InChI=1S/C13H28N2O/c1-3-5-13(16)11-14-12-6-9-15(8-4-2)10-7-12/h12-14,16H,3-11H2,1-2H3. The Balaban J connectivity index is 2.07. The molecule has 0 bridgehead atoms. The third kappa shape index (κ3) is 5.28. The highest BCUT2D eigenvalue weighted by Gasteiger charge is 2.18. The number of likely N-dealkylation sites (tertiary alicyclic amines) is 1. The third-order valence-electron chi connectivity index (χ3n) is 3.39. The molecule has 0 radical (unpaired) electrons. The van der Waals surface area contributed by atoms with Gasteiger partial charge in [-0.15, -0.1) is 0 Å². The number of aliphatic hydroxyl groups excluding tert-OH is 1. The fraction of sp³-hybridized carbons (Fsp3) is 1.00. The Kier molecular flexibility index (Phi) is 7.01. The molecule has 0 spiro atoms. The lowest BCUT2D eigenvalue weighted by molar-refractivity contribution is 0.142. The average molecular weight is 228 g/mol. The van der Waals surface area contributed by atoms with E-state index in [4.69, 9.17) is 0 Å². The van der Waals surface area contributed by atoms with Crippen LogP contribution >= 0.6 is 0 Å². The Morgan fingerprint density at radius 1 is 1.25 bits per heavy atom. The monoisotopic (exact) mass is 228 g/mol. The fourth-order valence-electron chi connectivity index (χ4n) is 2.41. The predicted molar refractivity (Wildman–Crippen MR) is 68.7 cm³/mol. The zero-order valence-electron chi connectivity index (χ0n) is 10.9. The van der Waals surface area contributed by atoms with Crippen molar-refractivity contribution in [3.05, 3.63) is 0 Å². The summed E-state index contributed by atoms with van der Waals surface area (Å²) < 4.78 is 0. The number of piperidine rings is 1. The van der Waals surface area contributed by atoms with Crippen LogP contribution in [0.4, 0.5) is 0 Å². The van der Waals surface area contributed by atoms with Crippen molar-refractivity contribution in [3.8, 4) is 0 Å². The molecular weight excluding hydrogens is 200 g/mol. The van der Waals surface area contributed by atoms with Gasteiger partial charge in [0.25, 0.3) is 0 Å². The molecule has 0 amide bonds. The van der Waals surface area contributed by atoms with Gasteiger partial charge < -0.3 is 15.3 Å². The molecule has 1 saturated heterocycles. The lowest BCUT2D eigenvalue weighted by atomic mass is 10.0. The van der Waals surface area contributed by atoms with Crippen molar-refractivity contribution in [2.24, 2.45) is 0 Å². The van der Waals surface area contributed by atoms with Crippen LogP contribution in [0.2, 0.25) is 0 Å². The van der Waals surface area contributed by atoms with E-state index in [0.717, 1.165) is 19.4 Å².